The van der Waals surface area contributed by atoms with E-state index in [2.05, 4.69) is 4.98 Å². The number of anilines is 1. The Morgan fingerprint density at radius 2 is 2.12 bits per heavy atom. The second-order valence-corrected chi connectivity index (χ2v) is 3.21. The number of benzene rings is 1. The van der Waals surface area contributed by atoms with E-state index in [0.717, 1.165) is 0 Å². The van der Waals surface area contributed by atoms with E-state index in [1.807, 2.05) is 12.1 Å². The molecule has 82 valence electrons. The van der Waals surface area contributed by atoms with Gasteiger partial charge in [-0.05, 0) is 12.1 Å². The molecule has 0 aliphatic rings. The molecule has 0 spiro atoms. The van der Waals surface area contributed by atoms with E-state index in [0.29, 0.717) is 17.1 Å². The molecule has 0 amide bonds. The topological polar surface area (TPSA) is 70.1 Å². The van der Waals surface area contributed by atoms with Crippen LogP contribution in [-0.4, -0.2) is 16.7 Å². The average molecular weight is 217 g/mol. The molecule has 5 nitrogen and oxygen atoms in total. The van der Waals surface area contributed by atoms with Gasteiger partial charge < -0.3 is 10.5 Å². The van der Waals surface area contributed by atoms with Gasteiger partial charge in [-0.25, -0.2) is 4.79 Å². The Morgan fingerprint density at radius 1 is 1.38 bits per heavy atom. The van der Waals surface area contributed by atoms with Gasteiger partial charge in [-0.3, -0.25) is 4.57 Å². The summed E-state index contributed by atoms with van der Waals surface area (Å²) in [5.41, 5.74) is 6.25. The minimum Gasteiger partial charge on any atom is -0.495 e. The van der Waals surface area contributed by atoms with Crippen LogP contribution >= 0.6 is 0 Å². The summed E-state index contributed by atoms with van der Waals surface area (Å²) >= 11 is 0. The predicted molar refractivity (Wildman–Crippen MR) is 60.8 cm³/mol. The molecule has 0 saturated carbocycles. The molecule has 1 heterocycles. The molecule has 0 aliphatic heterocycles. The van der Waals surface area contributed by atoms with Crippen LogP contribution in [0.15, 0.2) is 41.5 Å². The van der Waals surface area contributed by atoms with Crippen LogP contribution in [0.4, 0.5) is 5.69 Å². The Bertz CT molecular complexity index is 563. The molecule has 0 bridgehead atoms. The highest BCUT2D eigenvalue weighted by molar-refractivity contribution is 5.48. The van der Waals surface area contributed by atoms with Gasteiger partial charge in [-0.2, -0.15) is 4.98 Å². The number of aromatic nitrogens is 2. The standard InChI is InChI=1S/C11H11N3O2/c1-16-10-5-3-2-4-9(10)14-7-8(12)6-13-11(14)15/h2-7H,12H2,1H3. The smallest absolute Gasteiger partial charge is 0.352 e. The highest BCUT2D eigenvalue weighted by Gasteiger charge is 2.06. The molecule has 0 radical (unpaired) electrons. The van der Waals surface area contributed by atoms with Crippen LogP contribution in [0.25, 0.3) is 5.69 Å². The zero-order valence-corrected chi connectivity index (χ0v) is 8.75. The molecule has 2 aromatic rings. The van der Waals surface area contributed by atoms with Crippen LogP contribution < -0.4 is 16.2 Å². The molecule has 1 aromatic heterocycles. The number of para-hydroxylation sites is 2. The molecule has 0 saturated heterocycles. The molecule has 1 aromatic carbocycles. The van der Waals surface area contributed by atoms with E-state index in [4.69, 9.17) is 10.5 Å². The van der Waals surface area contributed by atoms with E-state index >= 15 is 0 Å². The third-order valence-corrected chi connectivity index (χ3v) is 2.15. The van der Waals surface area contributed by atoms with Gasteiger partial charge >= 0.3 is 5.69 Å². The summed E-state index contributed by atoms with van der Waals surface area (Å²) in [5.74, 6) is 0.594. The zero-order chi connectivity index (χ0) is 11.5. The first-order valence-electron chi connectivity index (χ1n) is 4.70. The van der Waals surface area contributed by atoms with Crippen molar-refractivity contribution >= 4 is 5.69 Å². The quantitative estimate of drug-likeness (QED) is 0.808. The van der Waals surface area contributed by atoms with E-state index in [9.17, 15) is 4.79 Å². The van der Waals surface area contributed by atoms with E-state index in [-0.39, 0.29) is 0 Å². The average Bonchev–Trinajstić information content (AvgIpc) is 2.32. The largest absolute Gasteiger partial charge is 0.495 e. The van der Waals surface area contributed by atoms with Crippen molar-refractivity contribution in [3.8, 4) is 11.4 Å². The lowest BCUT2D eigenvalue weighted by Gasteiger charge is -2.09. The van der Waals surface area contributed by atoms with Gasteiger partial charge in [0.1, 0.15) is 5.75 Å². The second kappa shape index (κ2) is 4.06. The highest BCUT2D eigenvalue weighted by atomic mass is 16.5. The molecule has 0 unspecified atom stereocenters. The van der Waals surface area contributed by atoms with Crippen LogP contribution in [0.5, 0.6) is 5.75 Å². The number of nitrogens with zero attached hydrogens (tertiary/aromatic N) is 2. The van der Waals surface area contributed by atoms with Gasteiger partial charge in [0.05, 0.1) is 24.7 Å². The molecule has 0 aliphatic carbocycles. The molecule has 0 fully saturated rings. The van der Waals surface area contributed by atoms with Crippen molar-refractivity contribution in [1.82, 2.24) is 9.55 Å². The predicted octanol–water partition coefficient (Wildman–Crippen LogP) is 0.823. The summed E-state index contributed by atoms with van der Waals surface area (Å²) in [6.45, 7) is 0. The summed E-state index contributed by atoms with van der Waals surface area (Å²) in [6, 6.07) is 7.17. The highest BCUT2D eigenvalue weighted by Crippen LogP contribution is 2.20. The molecular weight excluding hydrogens is 206 g/mol. The maximum Gasteiger partial charge on any atom is 0.352 e. The van der Waals surface area contributed by atoms with Gasteiger partial charge in [-0.15, -0.1) is 0 Å². The lowest BCUT2D eigenvalue weighted by molar-refractivity contribution is 0.412. The molecule has 2 N–H and O–H groups in total. The summed E-state index contributed by atoms with van der Waals surface area (Å²) < 4.78 is 6.52. The minimum absolute atomic E-state index is 0.390. The van der Waals surface area contributed by atoms with Gasteiger partial charge in [0, 0.05) is 6.20 Å². The summed E-state index contributed by atoms with van der Waals surface area (Å²) in [4.78, 5) is 15.2. The van der Waals surface area contributed by atoms with Crippen LogP contribution in [0.1, 0.15) is 0 Å². The minimum atomic E-state index is -0.390. The number of methoxy groups -OCH3 is 1. The van der Waals surface area contributed by atoms with Crippen LogP contribution in [-0.2, 0) is 0 Å². The Balaban J connectivity index is 2.67. The summed E-state index contributed by atoms with van der Waals surface area (Å²) in [7, 11) is 1.55. The lowest BCUT2D eigenvalue weighted by atomic mass is 10.3. The van der Waals surface area contributed by atoms with Crippen molar-refractivity contribution in [2.24, 2.45) is 0 Å². The molecule has 5 heteroatoms. The first-order valence-corrected chi connectivity index (χ1v) is 4.70. The molecular formula is C11H11N3O2. The van der Waals surface area contributed by atoms with Crippen molar-refractivity contribution in [2.45, 2.75) is 0 Å². The van der Waals surface area contributed by atoms with E-state index in [1.165, 1.54) is 17.0 Å². The lowest BCUT2D eigenvalue weighted by Crippen LogP contribution is -2.21. The number of hydrogen-bond acceptors (Lipinski definition) is 4. The number of nitrogen functional groups attached to an aromatic ring is 1. The van der Waals surface area contributed by atoms with Crippen LogP contribution in [0, 0.1) is 0 Å². The monoisotopic (exact) mass is 217 g/mol. The Kier molecular flexibility index (Phi) is 2.59. The summed E-state index contributed by atoms with van der Waals surface area (Å²) in [5, 5.41) is 0. The first kappa shape index (κ1) is 10.2. The maximum atomic E-state index is 11.6. The van der Waals surface area contributed by atoms with Crippen molar-refractivity contribution in [3.05, 3.63) is 47.1 Å². The van der Waals surface area contributed by atoms with Crippen LogP contribution in [0.3, 0.4) is 0 Å². The Hall–Kier alpha value is -2.30. The Morgan fingerprint density at radius 3 is 2.88 bits per heavy atom. The summed E-state index contributed by atoms with van der Waals surface area (Å²) in [6.07, 6.45) is 2.85. The van der Waals surface area contributed by atoms with Gasteiger partial charge in [0.25, 0.3) is 0 Å². The van der Waals surface area contributed by atoms with Gasteiger partial charge in [-0.1, -0.05) is 12.1 Å². The SMILES string of the molecule is COc1ccccc1-n1cc(N)cnc1=O. The fourth-order valence-electron chi connectivity index (χ4n) is 1.43. The third kappa shape index (κ3) is 1.75. The second-order valence-electron chi connectivity index (χ2n) is 3.21. The Labute approximate surface area is 92.1 Å². The number of ether oxygens (including phenoxy) is 1. The number of rotatable bonds is 2. The van der Waals surface area contributed by atoms with Gasteiger partial charge in [0.2, 0.25) is 0 Å². The van der Waals surface area contributed by atoms with E-state index < -0.39 is 5.69 Å². The third-order valence-electron chi connectivity index (χ3n) is 2.15. The van der Waals surface area contributed by atoms with E-state index in [1.54, 1.807) is 19.2 Å². The van der Waals surface area contributed by atoms with Crippen LogP contribution in [0.2, 0.25) is 0 Å². The normalized spacial score (nSPS) is 10.1. The molecule has 16 heavy (non-hydrogen) atoms. The molecule has 2 rings (SSSR count). The fraction of sp³-hybridized carbons (Fsp3) is 0.0909. The van der Waals surface area contributed by atoms with Crippen molar-refractivity contribution in [2.75, 3.05) is 12.8 Å². The fourth-order valence-corrected chi connectivity index (χ4v) is 1.43. The zero-order valence-electron chi connectivity index (χ0n) is 8.75. The van der Waals surface area contributed by atoms with Crippen molar-refractivity contribution in [3.63, 3.8) is 0 Å². The van der Waals surface area contributed by atoms with Gasteiger partial charge in [0.15, 0.2) is 0 Å². The maximum absolute atomic E-state index is 11.6. The van der Waals surface area contributed by atoms with Crippen molar-refractivity contribution < 1.29 is 4.74 Å². The first-order chi connectivity index (χ1) is 7.72. The number of nitrogens with two attached hydrogens (primary N) is 1. The number of hydrogen-bond donors (Lipinski definition) is 1. The molecule has 0 atom stereocenters. The van der Waals surface area contributed by atoms with Crippen molar-refractivity contribution in [1.29, 1.82) is 0 Å².